The SMILES string of the molecule is O=C(NCC1(N2CCOCC2)CCCCC1)c1ccc(N2CCNC2=O)cc1. The van der Waals surface area contributed by atoms with E-state index in [2.05, 4.69) is 15.5 Å². The molecule has 0 unspecified atom stereocenters. The first kappa shape index (κ1) is 19.2. The maximum atomic E-state index is 12.8. The quantitative estimate of drug-likeness (QED) is 0.812. The Morgan fingerprint density at radius 1 is 1.07 bits per heavy atom. The van der Waals surface area contributed by atoms with Gasteiger partial charge in [-0.25, -0.2) is 4.79 Å². The molecule has 1 aliphatic carbocycles. The van der Waals surface area contributed by atoms with Crippen molar-refractivity contribution in [2.45, 2.75) is 37.6 Å². The number of rotatable bonds is 5. The van der Waals surface area contributed by atoms with Crippen LogP contribution in [0.4, 0.5) is 10.5 Å². The molecule has 2 heterocycles. The van der Waals surface area contributed by atoms with Crippen molar-refractivity contribution in [1.82, 2.24) is 15.5 Å². The minimum absolute atomic E-state index is 0.0457. The van der Waals surface area contributed by atoms with Crippen molar-refractivity contribution in [2.24, 2.45) is 0 Å². The number of ether oxygens (including phenoxy) is 1. The highest BCUT2D eigenvalue weighted by Crippen LogP contribution is 2.34. The molecule has 0 aromatic heterocycles. The van der Waals surface area contributed by atoms with Gasteiger partial charge in [0.2, 0.25) is 0 Å². The third kappa shape index (κ3) is 4.00. The maximum absolute atomic E-state index is 12.8. The van der Waals surface area contributed by atoms with E-state index in [1.165, 1.54) is 19.3 Å². The minimum atomic E-state index is -0.0815. The molecular formula is C21H30N4O3. The molecule has 1 saturated carbocycles. The number of amides is 3. The lowest BCUT2D eigenvalue weighted by atomic mass is 9.79. The van der Waals surface area contributed by atoms with Crippen molar-refractivity contribution < 1.29 is 14.3 Å². The summed E-state index contributed by atoms with van der Waals surface area (Å²) in [6.07, 6.45) is 6.00. The Labute approximate surface area is 166 Å². The highest BCUT2D eigenvalue weighted by molar-refractivity contribution is 5.97. The molecule has 2 saturated heterocycles. The van der Waals surface area contributed by atoms with Gasteiger partial charge in [-0.1, -0.05) is 19.3 Å². The van der Waals surface area contributed by atoms with Crippen molar-refractivity contribution in [2.75, 3.05) is 50.8 Å². The smallest absolute Gasteiger partial charge is 0.321 e. The normalized spacial score (nSPS) is 22.7. The number of morpholine rings is 1. The summed E-state index contributed by atoms with van der Waals surface area (Å²) in [5.74, 6) is -0.0457. The fraction of sp³-hybridized carbons (Fsp3) is 0.619. The molecule has 7 nitrogen and oxygen atoms in total. The average molecular weight is 386 g/mol. The van der Waals surface area contributed by atoms with Crippen LogP contribution in [0, 0.1) is 0 Å². The molecule has 152 valence electrons. The van der Waals surface area contributed by atoms with Crippen molar-refractivity contribution in [3.63, 3.8) is 0 Å². The van der Waals surface area contributed by atoms with Crippen LogP contribution < -0.4 is 15.5 Å². The second-order valence-corrected chi connectivity index (χ2v) is 8.00. The lowest BCUT2D eigenvalue weighted by Crippen LogP contribution is -2.59. The van der Waals surface area contributed by atoms with Gasteiger partial charge in [0.05, 0.1) is 13.2 Å². The molecule has 0 atom stereocenters. The van der Waals surface area contributed by atoms with Gasteiger partial charge in [0.25, 0.3) is 5.91 Å². The van der Waals surface area contributed by atoms with Crippen LogP contribution in [0.5, 0.6) is 0 Å². The molecule has 1 aromatic carbocycles. The van der Waals surface area contributed by atoms with Gasteiger partial charge < -0.3 is 15.4 Å². The van der Waals surface area contributed by atoms with Crippen molar-refractivity contribution >= 4 is 17.6 Å². The van der Waals surface area contributed by atoms with Crippen molar-refractivity contribution in [3.8, 4) is 0 Å². The van der Waals surface area contributed by atoms with Gasteiger partial charge >= 0.3 is 6.03 Å². The van der Waals surface area contributed by atoms with Gasteiger partial charge in [-0.05, 0) is 37.1 Å². The van der Waals surface area contributed by atoms with E-state index in [-0.39, 0.29) is 17.5 Å². The summed E-state index contributed by atoms with van der Waals surface area (Å²) in [7, 11) is 0. The van der Waals surface area contributed by atoms with Crippen LogP contribution in [-0.4, -0.2) is 68.3 Å². The van der Waals surface area contributed by atoms with Crippen molar-refractivity contribution in [3.05, 3.63) is 29.8 Å². The summed E-state index contributed by atoms with van der Waals surface area (Å²) < 4.78 is 5.53. The van der Waals surface area contributed by atoms with Crippen LogP contribution in [0.15, 0.2) is 24.3 Å². The first-order chi connectivity index (χ1) is 13.7. The summed E-state index contributed by atoms with van der Waals surface area (Å²) >= 11 is 0. The lowest BCUT2D eigenvalue weighted by Gasteiger charge is -2.48. The zero-order chi connectivity index (χ0) is 19.4. The van der Waals surface area contributed by atoms with Gasteiger partial charge in [0.15, 0.2) is 0 Å². The predicted molar refractivity (Wildman–Crippen MR) is 108 cm³/mol. The second kappa shape index (κ2) is 8.49. The van der Waals surface area contributed by atoms with Crippen molar-refractivity contribution in [1.29, 1.82) is 0 Å². The van der Waals surface area contributed by atoms with Crippen LogP contribution >= 0.6 is 0 Å². The second-order valence-electron chi connectivity index (χ2n) is 8.00. The zero-order valence-electron chi connectivity index (χ0n) is 16.4. The molecule has 4 rings (SSSR count). The average Bonchev–Trinajstić information content (AvgIpc) is 3.19. The van der Waals surface area contributed by atoms with E-state index in [1.807, 2.05) is 12.1 Å². The van der Waals surface area contributed by atoms with E-state index < -0.39 is 0 Å². The highest BCUT2D eigenvalue weighted by atomic mass is 16.5. The number of nitrogens with zero attached hydrogens (tertiary/aromatic N) is 2. The molecule has 7 heteroatoms. The third-order valence-corrected chi connectivity index (χ3v) is 6.34. The van der Waals surface area contributed by atoms with E-state index in [0.29, 0.717) is 25.2 Å². The predicted octanol–water partition coefficient (Wildman–Crippen LogP) is 1.98. The fourth-order valence-electron chi connectivity index (χ4n) is 4.71. The largest absolute Gasteiger partial charge is 0.379 e. The first-order valence-corrected chi connectivity index (χ1v) is 10.4. The number of urea groups is 1. The van der Waals surface area contributed by atoms with E-state index >= 15 is 0 Å². The highest BCUT2D eigenvalue weighted by Gasteiger charge is 2.38. The number of nitrogens with one attached hydrogen (secondary N) is 2. The summed E-state index contributed by atoms with van der Waals surface area (Å²) in [5, 5.41) is 5.98. The Kier molecular flexibility index (Phi) is 5.82. The molecule has 3 amide bonds. The lowest BCUT2D eigenvalue weighted by molar-refractivity contribution is -0.0361. The standard InChI is InChI=1S/C21H30N4O3/c26-19(17-4-6-18(7-5-17)25-11-10-22-20(25)27)23-16-21(8-2-1-3-9-21)24-12-14-28-15-13-24/h4-7H,1-3,8-16H2,(H,22,27)(H,23,26). The zero-order valence-corrected chi connectivity index (χ0v) is 16.4. The molecule has 2 N–H and O–H groups in total. The molecule has 28 heavy (non-hydrogen) atoms. The van der Waals surface area contributed by atoms with Gasteiger partial charge in [0, 0.05) is 49.5 Å². The number of benzene rings is 1. The van der Waals surface area contributed by atoms with Crippen LogP contribution in [0.3, 0.4) is 0 Å². The number of anilines is 1. The van der Waals surface area contributed by atoms with Crippen LogP contribution in [0.1, 0.15) is 42.5 Å². The van der Waals surface area contributed by atoms with E-state index in [4.69, 9.17) is 4.74 Å². The first-order valence-electron chi connectivity index (χ1n) is 10.4. The Hall–Kier alpha value is -2.12. The van der Waals surface area contributed by atoms with Gasteiger partial charge in [0.1, 0.15) is 0 Å². The number of carbonyl (C=O) groups is 2. The monoisotopic (exact) mass is 386 g/mol. The summed E-state index contributed by atoms with van der Waals surface area (Å²) in [6, 6.07) is 7.22. The van der Waals surface area contributed by atoms with Crippen LogP contribution in [-0.2, 0) is 4.74 Å². The summed E-state index contributed by atoms with van der Waals surface area (Å²) in [5.41, 5.74) is 1.52. The molecule has 3 fully saturated rings. The van der Waals surface area contributed by atoms with Gasteiger partial charge in [-0.15, -0.1) is 0 Å². The van der Waals surface area contributed by atoms with E-state index in [9.17, 15) is 9.59 Å². The molecular weight excluding hydrogens is 356 g/mol. The van der Waals surface area contributed by atoms with Crippen LogP contribution in [0.25, 0.3) is 0 Å². The number of carbonyl (C=O) groups excluding carboxylic acids is 2. The van der Waals surface area contributed by atoms with Gasteiger partial charge in [-0.2, -0.15) is 0 Å². The Balaban J connectivity index is 1.40. The molecule has 2 aliphatic heterocycles. The maximum Gasteiger partial charge on any atom is 0.321 e. The number of hydrogen-bond acceptors (Lipinski definition) is 4. The molecule has 0 spiro atoms. The summed E-state index contributed by atoms with van der Waals surface area (Å²) in [4.78, 5) is 28.8. The summed E-state index contributed by atoms with van der Waals surface area (Å²) in [6.45, 7) is 5.45. The van der Waals surface area contributed by atoms with Gasteiger partial charge in [-0.3, -0.25) is 14.6 Å². The van der Waals surface area contributed by atoms with Crippen LogP contribution in [0.2, 0.25) is 0 Å². The number of hydrogen-bond donors (Lipinski definition) is 2. The Bertz CT molecular complexity index is 694. The van der Waals surface area contributed by atoms with E-state index in [1.54, 1.807) is 17.0 Å². The Morgan fingerprint density at radius 3 is 2.43 bits per heavy atom. The van der Waals surface area contributed by atoms with E-state index in [0.717, 1.165) is 44.8 Å². The molecule has 0 radical (unpaired) electrons. The molecule has 3 aliphatic rings. The fourth-order valence-corrected chi connectivity index (χ4v) is 4.71. The molecule has 1 aromatic rings. The molecule has 0 bridgehead atoms. The third-order valence-electron chi connectivity index (χ3n) is 6.34. The minimum Gasteiger partial charge on any atom is -0.379 e. The topological polar surface area (TPSA) is 73.9 Å². The Morgan fingerprint density at radius 2 is 1.79 bits per heavy atom.